The van der Waals surface area contributed by atoms with Crippen molar-refractivity contribution >= 4 is 55.7 Å². The van der Waals surface area contributed by atoms with Crippen molar-refractivity contribution in [3.8, 4) is 33.4 Å². The molecule has 0 fully saturated rings. The minimum atomic E-state index is 1.10. The Kier molecular flexibility index (Phi) is 9.27. The summed E-state index contributed by atoms with van der Waals surface area (Å²) in [4.78, 5) is 4.74. The predicted octanol–water partition coefficient (Wildman–Crippen LogP) is 15.9. The van der Waals surface area contributed by atoms with Gasteiger partial charge in [-0.05, 0) is 122 Å². The van der Waals surface area contributed by atoms with Crippen molar-refractivity contribution in [1.82, 2.24) is 0 Å². The molecular weight excluding hydrogens is 701 g/mol. The minimum Gasteiger partial charge on any atom is -0.310 e. The summed E-state index contributed by atoms with van der Waals surface area (Å²) >= 11 is 0. The summed E-state index contributed by atoms with van der Waals surface area (Å²) in [6.45, 7) is 0. The lowest BCUT2D eigenvalue weighted by molar-refractivity contribution is 1.29. The van der Waals surface area contributed by atoms with Crippen LogP contribution in [0.2, 0.25) is 0 Å². The molecule has 0 amide bonds. The van der Waals surface area contributed by atoms with Gasteiger partial charge in [-0.1, -0.05) is 170 Å². The Morgan fingerprint density at radius 3 is 1.19 bits per heavy atom. The Bertz CT molecular complexity index is 2960. The second-order valence-corrected chi connectivity index (χ2v) is 14.6. The maximum atomic E-state index is 2.39. The summed E-state index contributed by atoms with van der Waals surface area (Å²) in [6, 6.07) is 87.2. The second-order valence-electron chi connectivity index (χ2n) is 14.6. The van der Waals surface area contributed by atoms with Crippen molar-refractivity contribution in [3.63, 3.8) is 0 Å². The second kappa shape index (κ2) is 15.5. The van der Waals surface area contributed by atoms with Crippen LogP contribution in [0, 0.1) is 0 Å². The van der Waals surface area contributed by atoms with Crippen LogP contribution in [0.5, 0.6) is 0 Å². The van der Waals surface area contributed by atoms with Crippen molar-refractivity contribution in [2.45, 2.75) is 0 Å². The molecule has 0 aliphatic rings. The molecule has 0 spiro atoms. The maximum absolute atomic E-state index is 2.39. The van der Waals surface area contributed by atoms with Gasteiger partial charge in [-0.25, -0.2) is 0 Å². The lowest BCUT2D eigenvalue weighted by Gasteiger charge is -2.28. The zero-order valence-electron chi connectivity index (χ0n) is 32.0. The van der Waals surface area contributed by atoms with E-state index in [0.29, 0.717) is 0 Å². The molecule has 0 N–H and O–H groups in total. The average molecular weight is 741 g/mol. The highest BCUT2D eigenvalue weighted by Gasteiger charge is 2.19. The number of anilines is 6. The molecule has 10 aromatic rings. The third-order valence-corrected chi connectivity index (χ3v) is 11.0. The Morgan fingerprint density at radius 1 is 0.207 bits per heavy atom. The van der Waals surface area contributed by atoms with Gasteiger partial charge in [-0.3, -0.25) is 0 Å². The van der Waals surface area contributed by atoms with Crippen LogP contribution in [0.4, 0.5) is 34.1 Å². The zero-order valence-corrected chi connectivity index (χ0v) is 32.0. The molecule has 0 saturated carbocycles. The monoisotopic (exact) mass is 740 g/mol. The lowest BCUT2D eigenvalue weighted by Crippen LogP contribution is -2.11. The highest BCUT2D eigenvalue weighted by atomic mass is 15.1. The molecule has 0 atom stereocenters. The first-order chi connectivity index (χ1) is 28.8. The van der Waals surface area contributed by atoms with E-state index in [9.17, 15) is 0 Å². The van der Waals surface area contributed by atoms with Crippen LogP contribution in [0.1, 0.15) is 0 Å². The number of fused-ring (bicyclic) bond motifs is 3. The zero-order chi connectivity index (χ0) is 38.7. The first-order valence-corrected chi connectivity index (χ1v) is 19.8. The van der Waals surface area contributed by atoms with Gasteiger partial charge in [-0.15, -0.1) is 0 Å². The average Bonchev–Trinajstić information content (AvgIpc) is 3.31. The molecule has 0 radical (unpaired) electrons. The van der Waals surface area contributed by atoms with Gasteiger partial charge in [-0.2, -0.15) is 0 Å². The van der Waals surface area contributed by atoms with E-state index in [-0.39, 0.29) is 0 Å². The Labute approximate surface area is 340 Å². The van der Waals surface area contributed by atoms with E-state index < -0.39 is 0 Å². The smallest absolute Gasteiger partial charge is 0.0546 e. The van der Waals surface area contributed by atoms with E-state index in [2.05, 4.69) is 252 Å². The van der Waals surface area contributed by atoms with Crippen molar-refractivity contribution in [1.29, 1.82) is 0 Å². The van der Waals surface area contributed by atoms with Gasteiger partial charge in [0.25, 0.3) is 0 Å². The summed E-state index contributed by atoms with van der Waals surface area (Å²) in [6.07, 6.45) is 0. The van der Waals surface area contributed by atoms with Crippen molar-refractivity contribution in [2.24, 2.45) is 0 Å². The number of hydrogen-bond donors (Lipinski definition) is 0. The molecule has 0 unspecified atom stereocenters. The molecule has 58 heavy (non-hydrogen) atoms. The number of rotatable bonds is 9. The third-order valence-electron chi connectivity index (χ3n) is 11.0. The lowest BCUT2D eigenvalue weighted by atomic mass is 9.97. The minimum absolute atomic E-state index is 1.10. The fourth-order valence-electron chi connectivity index (χ4n) is 8.17. The molecule has 0 bridgehead atoms. The van der Waals surface area contributed by atoms with Crippen LogP contribution in [-0.2, 0) is 0 Å². The summed E-state index contributed by atoms with van der Waals surface area (Å²) in [5.41, 5.74) is 13.9. The van der Waals surface area contributed by atoms with E-state index in [1.54, 1.807) is 0 Å². The maximum Gasteiger partial charge on any atom is 0.0546 e. The molecule has 0 aliphatic heterocycles. The molecule has 0 heterocycles. The topological polar surface area (TPSA) is 6.48 Å². The van der Waals surface area contributed by atoms with Crippen LogP contribution >= 0.6 is 0 Å². The van der Waals surface area contributed by atoms with E-state index in [0.717, 1.165) is 34.1 Å². The molecule has 274 valence electrons. The number of hydrogen-bond acceptors (Lipinski definition) is 2. The molecule has 2 nitrogen and oxygen atoms in total. The molecular formula is C56H40N2. The predicted molar refractivity (Wildman–Crippen MR) is 247 cm³/mol. The summed E-state index contributed by atoms with van der Waals surface area (Å²) in [7, 11) is 0. The highest BCUT2D eigenvalue weighted by molar-refractivity contribution is 6.15. The van der Waals surface area contributed by atoms with Gasteiger partial charge in [0.2, 0.25) is 0 Å². The Hall–Kier alpha value is -7.68. The van der Waals surface area contributed by atoms with Crippen LogP contribution < -0.4 is 9.80 Å². The van der Waals surface area contributed by atoms with Crippen molar-refractivity contribution in [3.05, 3.63) is 243 Å². The third kappa shape index (κ3) is 6.78. The van der Waals surface area contributed by atoms with Crippen LogP contribution in [0.3, 0.4) is 0 Å². The van der Waals surface area contributed by atoms with E-state index in [4.69, 9.17) is 0 Å². The summed E-state index contributed by atoms with van der Waals surface area (Å²) < 4.78 is 0. The SMILES string of the molecule is c1ccc(-c2ccc(N(c3ccccc3)c3ccc4cc(N(c5ccccc5)c5ccc(-c6cccc(-c7ccccc7)c6)cc5)c5ccccc5c4c3)cc2)cc1. The van der Waals surface area contributed by atoms with Gasteiger partial charge < -0.3 is 9.80 Å². The van der Waals surface area contributed by atoms with Crippen molar-refractivity contribution < 1.29 is 0 Å². The number of benzene rings is 10. The van der Waals surface area contributed by atoms with Crippen LogP contribution in [0.15, 0.2) is 243 Å². The molecule has 2 heteroatoms. The van der Waals surface area contributed by atoms with Crippen LogP contribution in [-0.4, -0.2) is 0 Å². The van der Waals surface area contributed by atoms with Gasteiger partial charge in [0, 0.05) is 33.8 Å². The van der Waals surface area contributed by atoms with Crippen molar-refractivity contribution in [2.75, 3.05) is 9.80 Å². The fraction of sp³-hybridized carbons (Fsp3) is 0. The standard InChI is InChI=1S/C56H40N2/c1-5-16-41(17-6-1)43-28-33-50(34-29-43)57(48-22-9-3-10-23-48)52-37-32-47-39-56(54-27-14-13-26-53(54)55(47)40-52)58(49-24-11-4-12-25-49)51-35-30-44(31-36-51)46-21-15-20-45(38-46)42-18-7-2-8-19-42/h1-40H. The molecule has 10 aromatic carbocycles. The largest absolute Gasteiger partial charge is 0.310 e. The van der Waals surface area contributed by atoms with Gasteiger partial charge >= 0.3 is 0 Å². The van der Waals surface area contributed by atoms with Gasteiger partial charge in [0.15, 0.2) is 0 Å². The van der Waals surface area contributed by atoms with E-state index in [1.165, 1.54) is 54.9 Å². The summed E-state index contributed by atoms with van der Waals surface area (Å²) in [5.74, 6) is 0. The van der Waals surface area contributed by atoms with E-state index in [1.807, 2.05) is 0 Å². The molecule has 0 saturated heterocycles. The summed E-state index contributed by atoms with van der Waals surface area (Å²) in [5, 5.41) is 4.79. The van der Waals surface area contributed by atoms with E-state index >= 15 is 0 Å². The molecule has 0 aromatic heterocycles. The van der Waals surface area contributed by atoms with Gasteiger partial charge in [0.1, 0.15) is 0 Å². The fourth-order valence-corrected chi connectivity index (χ4v) is 8.17. The first kappa shape index (κ1) is 34.8. The normalized spacial score (nSPS) is 11.1. The quantitative estimate of drug-likeness (QED) is 0.136. The van der Waals surface area contributed by atoms with Gasteiger partial charge in [0.05, 0.1) is 5.69 Å². The molecule has 10 rings (SSSR count). The van der Waals surface area contributed by atoms with Crippen LogP contribution in [0.25, 0.3) is 54.9 Å². The highest BCUT2D eigenvalue weighted by Crippen LogP contribution is 2.44. The first-order valence-electron chi connectivity index (χ1n) is 19.8. The number of nitrogens with zero attached hydrogens (tertiary/aromatic N) is 2. The molecule has 0 aliphatic carbocycles. The number of para-hydroxylation sites is 2. The Morgan fingerprint density at radius 2 is 0.603 bits per heavy atom. The Balaban J connectivity index is 1.07.